The number of carbonyl (C=O) groups is 2. The summed E-state index contributed by atoms with van der Waals surface area (Å²) in [7, 11) is 0. The van der Waals surface area contributed by atoms with Crippen LogP contribution >= 0.6 is 0 Å². The Labute approximate surface area is 121 Å². The molecule has 2 rings (SSSR count). The van der Waals surface area contributed by atoms with Gasteiger partial charge >= 0.3 is 5.97 Å². The minimum absolute atomic E-state index is 0.110. The third-order valence-electron chi connectivity index (χ3n) is 3.00. The van der Waals surface area contributed by atoms with Crippen molar-refractivity contribution in [3.63, 3.8) is 0 Å². The third-order valence-corrected chi connectivity index (χ3v) is 3.00. The van der Waals surface area contributed by atoms with Crippen LogP contribution in [0.3, 0.4) is 0 Å². The number of aliphatic carboxylic acids is 1. The fourth-order valence-corrected chi connectivity index (χ4v) is 2.08. The summed E-state index contributed by atoms with van der Waals surface area (Å²) in [6, 6.07) is 8.33. The summed E-state index contributed by atoms with van der Waals surface area (Å²) in [5.41, 5.74) is 1.20. The number of carbonyl (C=O) groups excluding carboxylic acids is 1. The molecule has 0 fully saturated rings. The Bertz CT molecular complexity index is 649. The molecule has 0 saturated carbocycles. The van der Waals surface area contributed by atoms with Gasteiger partial charge in [0.15, 0.2) is 5.89 Å². The second-order valence-electron chi connectivity index (χ2n) is 4.68. The molecule has 21 heavy (non-hydrogen) atoms. The molecular formula is C15H16N2O4. The highest BCUT2D eigenvalue weighted by Gasteiger charge is 2.22. The second-order valence-corrected chi connectivity index (χ2v) is 4.68. The molecule has 1 amide bonds. The molecule has 0 spiro atoms. The number of carboxylic acids is 1. The van der Waals surface area contributed by atoms with Crippen LogP contribution in [-0.4, -0.2) is 22.0 Å². The number of oxazole rings is 1. The summed E-state index contributed by atoms with van der Waals surface area (Å²) in [4.78, 5) is 27.2. The van der Waals surface area contributed by atoms with Crippen LogP contribution in [0.5, 0.6) is 0 Å². The number of aryl methyl sites for hydroxylation is 2. The number of nitrogens with one attached hydrogen (secondary N) is 1. The van der Waals surface area contributed by atoms with Crippen LogP contribution in [0.25, 0.3) is 0 Å². The number of nitrogens with zero attached hydrogens (tertiary/aromatic N) is 1. The van der Waals surface area contributed by atoms with Gasteiger partial charge in [-0.1, -0.05) is 30.3 Å². The van der Waals surface area contributed by atoms with Crippen LogP contribution in [0.15, 0.2) is 34.7 Å². The molecule has 0 aliphatic carbocycles. The van der Waals surface area contributed by atoms with E-state index in [1.807, 2.05) is 6.07 Å². The molecule has 0 aliphatic rings. The minimum Gasteiger partial charge on any atom is -0.481 e. The summed E-state index contributed by atoms with van der Waals surface area (Å²) >= 11 is 0. The monoisotopic (exact) mass is 288 g/mol. The molecule has 110 valence electrons. The van der Waals surface area contributed by atoms with Crippen molar-refractivity contribution >= 4 is 11.9 Å². The maximum absolute atomic E-state index is 12.2. The van der Waals surface area contributed by atoms with Gasteiger partial charge < -0.3 is 14.8 Å². The maximum Gasteiger partial charge on any atom is 0.305 e. The number of amides is 1. The Balaban J connectivity index is 2.21. The molecule has 2 N–H and O–H groups in total. The van der Waals surface area contributed by atoms with E-state index in [2.05, 4.69) is 10.3 Å². The normalized spacial score (nSPS) is 11.9. The number of benzene rings is 1. The van der Waals surface area contributed by atoms with Gasteiger partial charge in [-0.25, -0.2) is 4.98 Å². The van der Waals surface area contributed by atoms with Gasteiger partial charge in [-0.3, -0.25) is 9.59 Å². The minimum atomic E-state index is -0.991. The van der Waals surface area contributed by atoms with Crippen molar-refractivity contribution < 1.29 is 19.1 Å². The van der Waals surface area contributed by atoms with Gasteiger partial charge in [0.05, 0.1) is 18.2 Å². The number of aromatic nitrogens is 1. The zero-order valence-electron chi connectivity index (χ0n) is 11.8. The molecule has 0 radical (unpaired) electrons. The predicted molar refractivity (Wildman–Crippen MR) is 74.9 cm³/mol. The van der Waals surface area contributed by atoms with Crippen molar-refractivity contribution in [2.75, 3.05) is 0 Å². The summed E-state index contributed by atoms with van der Waals surface area (Å²) < 4.78 is 5.25. The third kappa shape index (κ3) is 3.68. The Morgan fingerprint density at radius 3 is 2.48 bits per heavy atom. The fraction of sp³-hybridized carbons (Fsp3) is 0.267. The summed E-state index contributed by atoms with van der Waals surface area (Å²) in [6.07, 6.45) is -0.206. The van der Waals surface area contributed by atoms with Crippen molar-refractivity contribution in [2.24, 2.45) is 0 Å². The number of rotatable bonds is 5. The molecule has 1 heterocycles. The highest BCUT2D eigenvalue weighted by Crippen LogP contribution is 2.18. The topological polar surface area (TPSA) is 92.4 Å². The Morgan fingerprint density at radius 2 is 1.95 bits per heavy atom. The molecule has 0 saturated heterocycles. The van der Waals surface area contributed by atoms with Gasteiger partial charge in [0.25, 0.3) is 5.91 Å². The first kappa shape index (κ1) is 14.8. The molecule has 1 atom stereocenters. The van der Waals surface area contributed by atoms with E-state index in [4.69, 9.17) is 9.52 Å². The largest absolute Gasteiger partial charge is 0.481 e. The number of carboxylic acid groups (broad SMARTS) is 1. The fourth-order valence-electron chi connectivity index (χ4n) is 2.08. The van der Waals surface area contributed by atoms with Gasteiger partial charge in [-0.2, -0.15) is 0 Å². The zero-order valence-corrected chi connectivity index (χ0v) is 11.8. The van der Waals surface area contributed by atoms with E-state index < -0.39 is 17.9 Å². The van der Waals surface area contributed by atoms with Gasteiger partial charge in [0.2, 0.25) is 5.76 Å². The van der Waals surface area contributed by atoms with Crippen molar-refractivity contribution in [1.82, 2.24) is 10.3 Å². The Hall–Kier alpha value is -2.63. The lowest BCUT2D eigenvalue weighted by atomic mass is 10.0. The van der Waals surface area contributed by atoms with Crippen LogP contribution in [0.1, 0.15) is 40.2 Å². The van der Waals surface area contributed by atoms with Gasteiger partial charge in [-0.15, -0.1) is 0 Å². The molecule has 0 unspecified atom stereocenters. The SMILES string of the molecule is Cc1nc(C)c(C(=O)N[C@H](CC(=O)O)c2ccccc2)o1. The van der Waals surface area contributed by atoms with E-state index in [1.165, 1.54) is 0 Å². The summed E-state index contributed by atoms with van der Waals surface area (Å²) in [6.45, 7) is 3.32. The summed E-state index contributed by atoms with van der Waals surface area (Å²) in [5.74, 6) is -0.955. The average molecular weight is 288 g/mol. The quantitative estimate of drug-likeness (QED) is 0.880. The summed E-state index contributed by atoms with van der Waals surface area (Å²) in [5, 5.41) is 11.7. The van der Waals surface area contributed by atoms with Crippen LogP contribution in [-0.2, 0) is 4.79 Å². The zero-order chi connectivity index (χ0) is 15.4. The molecule has 0 bridgehead atoms. The van der Waals surface area contributed by atoms with Crippen LogP contribution < -0.4 is 5.32 Å². The van der Waals surface area contributed by atoms with Gasteiger partial charge in [-0.05, 0) is 12.5 Å². The molecule has 1 aromatic carbocycles. The van der Waals surface area contributed by atoms with E-state index in [0.717, 1.165) is 5.56 Å². The first-order valence-corrected chi connectivity index (χ1v) is 6.49. The maximum atomic E-state index is 12.2. The lowest BCUT2D eigenvalue weighted by Crippen LogP contribution is -2.30. The van der Waals surface area contributed by atoms with Gasteiger partial charge in [0, 0.05) is 6.92 Å². The average Bonchev–Trinajstić information content (AvgIpc) is 2.77. The predicted octanol–water partition coefficient (Wildman–Crippen LogP) is 2.24. The van der Waals surface area contributed by atoms with E-state index in [1.54, 1.807) is 38.1 Å². The van der Waals surface area contributed by atoms with E-state index in [-0.39, 0.29) is 12.2 Å². The molecule has 0 aliphatic heterocycles. The first-order chi connectivity index (χ1) is 9.97. The van der Waals surface area contributed by atoms with E-state index in [0.29, 0.717) is 11.6 Å². The highest BCUT2D eigenvalue weighted by atomic mass is 16.4. The Kier molecular flexibility index (Phi) is 4.37. The molecule has 6 nitrogen and oxygen atoms in total. The number of hydrogen-bond donors (Lipinski definition) is 2. The first-order valence-electron chi connectivity index (χ1n) is 6.49. The molecular weight excluding hydrogens is 272 g/mol. The molecule has 2 aromatic rings. The van der Waals surface area contributed by atoms with Crippen LogP contribution in [0.4, 0.5) is 0 Å². The van der Waals surface area contributed by atoms with E-state index in [9.17, 15) is 9.59 Å². The van der Waals surface area contributed by atoms with E-state index >= 15 is 0 Å². The van der Waals surface area contributed by atoms with Crippen LogP contribution in [0.2, 0.25) is 0 Å². The molecule has 6 heteroatoms. The van der Waals surface area contributed by atoms with Gasteiger partial charge in [0.1, 0.15) is 0 Å². The van der Waals surface area contributed by atoms with Crippen molar-refractivity contribution in [3.8, 4) is 0 Å². The highest BCUT2D eigenvalue weighted by molar-refractivity contribution is 5.93. The van der Waals surface area contributed by atoms with Crippen LogP contribution in [0, 0.1) is 13.8 Å². The van der Waals surface area contributed by atoms with Crippen molar-refractivity contribution in [2.45, 2.75) is 26.3 Å². The molecule has 1 aromatic heterocycles. The van der Waals surface area contributed by atoms with Crippen molar-refractivity contribution in [1.29, 1.82) is 0 Å². The lowest BCUT2D eigenvalue weighted by Gasteiger charge is -2.16. The smallest absolute Gasteiger partial charge is 0.305 e. The second kappa shape index (κ2) is 6.21. The standard InChI is InChI=1S/C15H16N2O4/c1-9-14(21-10(2)16-9)15(20)17-12(8-13(18)19)11-6-4-3-5-7-11/h3-7,12H,8H2,1-2H3,(H,17,20)(H,18,19)/t12-/m1/s1. The van der Waals surface area contributed by atoms with Crippen molar-refractivity contribution in [3.05, 3.63) is 53.2 Å². The Morgan fingerprint density at radius 1 is 1.29 bits per heavy atom. The number of hydrogen-bond acceptors (Lipinski definition) is 4. The lowest BCUT2D eigenvalue weighted by molar-refractivity contribution is -0.137.